The van der Waals surface area contributed by atoms with E-state index in [1.54, 1.807) is 34.6 Å². The lowest BCUT2D eigenvalue weighted by Gasteiger charge is -2.22. The third-order valence-corrected chi connectivity index (χ3v) is 1.48. The summed E-state index contributed by atoms with van der Waals surface area (Å²) in [5.41, 5.74) is -0.629. The first-order chi connectivity index (χ1) is 7.80. The second-order valence-corrected chi connectivity index (χ2v) is 4.23. The zero-order valence-electron chi connectivity index (χ0n) is 11.0. The molecule has 1 N–H and O–H groups in total. The van der Waals surface area contributed by atoms with Crippen LogP contribution in [0.15, 0.2) is 0 Å². The van der Waals surface area contributed by atoms with Gasteiger partial charge in [-0.3, -0.25) is 5.32 Å². The number of hydrogen-bond acceptors (Lipinski definition) is 5. The summed E-state index contributed by atoms with van der Waals surface area (Å²) in [6.45, 7) is 9.07. The molecular weight excluding hydrogens is 226 g/mol. The minimum atomic E-state index is -1.13. The molecule has 0 saturated carbocycles. The summed E-state index contributed by atoms with van der Waals surface area (Å²) in [4.78, 5) is 22.8. The highest BCUT2D eigenvalue weighted by Gasteiger charge is 2.25. The quantitative estimate of drug-likeness (QED) is 0.587. The molecule has 0 spiro atoms. The smallest absolute Gasteiger partial charge is 0.410 e. The van der Waals surface area contributed by atoms with Gasteiger partial charge in [-0.05, 0) is 34.6 Å². The number of ether oxygens (including phenoxy) is 3. The Labute approximate surface area is 102 Å². The van der Waals surface area contributed by atoms with Gasteiger partial charge in [0.15, 0.2) is 0 Å². The Hall–Kier alpha value is -1.30. The molecule has 0 saturated heterocycles. The zero-order chi connectivity index (χ0) is 13.5. The SMILES string of the molecule is CCOC(=O)C(NC(=O)OC(C)(C)C)OCC. The highest BCUT2D eigenvalue weighted by atomic mass is 16.6. The molecule has 6 nitrogen and oxygen atoms in total. The lowest BCUT2D eigenvalue weighted by Crippen LogP contribution is -2.45. The number of carbonyl (C=O) groups is 2. The van der Waals surface area contributed by atoms with E-state index in [4.69, 9.17) is 14.2 Å². The maximum absolute atomic E-state index is 11.4. The minimum absolute atomic E-state index is 0.221. The van der Waals surface area contributed by atoms with Gasteiger partial charge in [0.2, 0.25) is 6.23 Å². The lowest BCUT2D eigenvalue weighted by atomic mass is 10.2. The van der Waals surface area contributed by atoms with Crippen LogP contribution in [0.2, 0.25) is 0 Å². The Kier molecular flexibility index (Phi) is 6.57. The van der Waals surface area contributed by atoms with Crippen molar-refractivity contribution in [1.29, 1.82) is 0 Å². The molecule has 1 unspecified atom stereocenters. The van der Waals surface area contributed by atoms with E-state index < -0.39 is 23.9 Å². The average molecular weight is 247 g/mol. The molecule has 0 aromatic heterocycles. The Morgan fingerprint density at radius 1 is 1.18 bits per heavy atom. The van der Waals surface area contributed by atoms with Gasteiger partial charge in [0, 0.05) is 6.61 Å². The summed E-state index contributed by atoms with van der Waals surface area (Å²) in [6, 6.07) is 0. The third kappa shape index (κ3) is 7.57. The number of rotatable bonds is 5. The first-order valence-corrected chi connectivity index (χ1v) is 5.58. The van der Waals surface area contributed by atoms with Crippen molar-refractivity contribution in [2.24, 2.45) is 0 Å². The normalized spacial score (nSPS) is 12.8. The molecule has 0 bridgehead atoms. The van der Waals surface area contributed by atoms with Crippen molar-refractivity contribution >= 4 is 12.1 Å². The predicted octanol–water partition coefficient (Wildman–Crippen LogP) is 1.44. The first kappa shape index (κ1) is 15.7. The Balaban J connectivity index is 4.34. The van der Waals surface area contributed by atoms with Crippen molar-refractivity contribution in [3.05, 3.63) is 0 Å². The van der Waals surface area contributed by atoms with Crippen molar-refractivity contribution in [3.63, 3.8) is 0 Å². The van der Waals surface area contributed by atoms with Crippen LogP contribution in [0.4, 0.5) is 4.79 Å². The molecule has 1 atom stereocenters. The topological polar surface area (TPSA) is 73.9 Å². The van der Waals surface area contributed by atoms with Crippen LogP contribution in [-0.4, -0.2) is 37.1 Å². The molecule has 6 heteroatoms. The van der Waals surface area contributed by atoms with Crippen molar-refractivity contribution in [2.75, 3.05) is 13.2 Å². The highest BCUT2D eigenvalue weighted by molar-refractivity contribution is 5.80. The third-order valence-electron chi connectivity index (χ3n) is 1.48. The van der Waals surface area contributed by atoms with E-state index in [1.807, 2.05) is 0 Å². The van der Waals surface area contributed by atoms with Crippen LogP contribution in [0.25, 0.3) is 0 Å². The number of esters is 1. The first-order valence-electron chi connectivity index (χ1n) is 5.58. The molecule has 0 aromatic carbocycles. The molecule has 1 amide bonds. The Morgan fingerprint density at radius 3 is 2.18 bits per heavy atom. The molecule has 0 aliphatic rings. The van der Waals surface area contributed by atoms with Crippen molar-refractivity contribution in [1.82, 2.24) is 5.32 Å². The van der Waals surface area contributed by atoms with Gasteiger partial charge in [0.25, 0.3) is 0 Å². The number of nitrogens with one attached hydrogen (secondary N) is 1. The van der Waals surface area contributed by atoms with E-state index in [0.717, 1.165) is 0 Å². The maximum atomic E-state index is 11.4. The Morgan fingerprint density at radius 2 is 1.76 bits per heavy atom. The largest absolute Gasteiger partial charge is 0.463 e. The fourth-order valence-electron chi connectivity index (χ4n) is 0.968. The summed E-state index contributed by atoms with van der Waals surface area (Å²) in [5.74, 6) is -0.639. The molecule has 0 rings (SSSR count). The summed E-state index contributed by atoms with van der Waals surface area (Å²) in [7, 11) is 0. The second kappa shape index (κ2) is 7.11. The summed E-state index contributed by atoms with van der Waals surface area (Å²) in [5, 5.41) is 2.30. The summed E-state index contributed by atoms with van der Waals surface area (Å²) in [6.07, 6.45) is -1.85. The van der Waals surface area contributed by atoms with Gasteiger partial charge in [0.05, 0.1) is 6.61 Å². The van der Waals surface area contributed by atoms with Gasteiger partial charge in [-0.2, -0.15) is 0 Å². The summed E-state index contributed by atoms with van der Waals surface area (Å²) < 4.78 is 14.8. The molecular formula is C11H21NO5. The summed E-state index contributed by atoms with van der Waals surface area (Å²) >= 11 is 0. The monoisotopic (exact) mass is 247 g/mol. The number of hydrogen-bond donors (Lipinski definition) is 1. The van der Waals surface area contributed by atoms with Gasteiger partial charge in [0.1, 0.15) is 5.60 Å². The predicted molar refractivity (Wildman–Crippen MR) is 61.4 cm³/mol. The van der Waals surface area contributed by atoms with Gasteiger partial charge < -0.3 is 14.2 Å². The molecule has 0 radical (unpaired) electrons. The highest BCUT2D eigenvalue weighted by Crippen LogP contribution is 2.07. The van der Waals surface area contributed by atoms with Crippen molar-refractivity contribution < 1.29 is 23.8 Å². The molecule has 17 heavy (non-hydrogen) atoms. The van der Waals surface area contributed by atoms with E-state index in [1.165, 1.54) is 0 Å². The lowest BCUT2D eigenvalue weighted by molar-refractivity contribution is -0.158. The number of carbonyl (C=O) groups excluding carboxylic acids is 2. The van der Waals surface area contributed by atoms with E-state index in [-0.39, 0.29) is 13.2 Å². The van der Waals surface area contributed by atoms with Crippen molar-refractivity contribution in [3.8, 4) is 0 Å². The molecule has 100 valence electrons. The fourth-order valence-corrected chi connectivity index (χ4v) is 0.968. The van der Waals surface area contributed by atoms with E-state index in [2.05, 4.69) is 5.32 Å². The van der Waals surface area contributed by atoms with Gasteiger partial charge in [-0.25, -0.2) is 9.59 Å². The van der Waals surface area contributed by atoms with Gasteiger partial charge in [-0.15, -0.1) is 0 Å². The second-order valence-electron chi connectivity index (χ2n) is 4.23. The van der Waals surface area contributed by atoms with E-state index in [9.17, 15) is 9.59 Å². The van der Waals surface area contributed by atoms with Crippen molar-refractivity contribution in [2.45, 2.75) is 46.4 Å². The van der Waals surface area contributed by atoms with Crippen LogP contribution in [-0.2, 0) is 19.0 Å². The maximum Gasteiger partial charge on any atom is 0.410 e. The minimum Gasteiger partial charge on any atom is -0.463 e. The number of alkyl carbamates (subject to hydrolysis) is 1. The van der Waals surface area contributed by atoms with E-state index in [0.29, 0.717) is 0 Å². The van der Waals surface area contributed by atoms with Crippen LogP contribution >= 0.6 is 0 Å². The Bertz CT molecular complexity index is 259. The molecule has 0 heterocycles. The van der Waals surface area contributed by atoms with Crippen LogP contribution in [0, 0.1) is 0 Å². The number of amides is 1. The van der Waals surface area contributed by atoms with Crippen LogP contribution < -0.4 is 5.32 Å². The molecule has 0 aliphatic carbocycles. The van der Waals surface area contributed by atoms with Crippen LogP contribution in [0.5, 0.6) is 0 Å². The average Bonchev–Trinajstić information content (AvgIpc) is 2.14. The van der Waals surface area contributed by atoms with Gasteiger partial charge in [-0.1, -0.05) is 0 Å². The van der Waals surface area contributed by atoms with Crippen LogP contribution in [0.1, 0.15) is 34.6 Å². The van der Waals surface area contributed by atoms with Crippen LogP contribution in [0.3, 0.4) is 0 Å². The standard InChI is InChI=1S/C11H21NO5/c1-6-15-8(9(13)16-7-2)12-10(14)17-11(3,4)5/h8H,6-7H2,1-5H3,(H,12,14). The fraction of sp³-hybridized carbons (Fsp3) is 0.818. The van der Waals surface area contributed by atoms with Gasteiger partial charge >= 0.3 is 12.1 Å². The zero-order valence-corrected chi connectivity index (χ0v) is 11.0. The molecule has 0 fully saturated rings. The molecule has 0 aromatic rings. The van der Waals surface area contributed by atoms with E-state index >= 15 is 0 Å². The molecule has 0 aliphatic heterocycles.